The SMILES string of the molecule is COC1CCC(n2cnc3cc(C(=O)O)ccc32)C1. The van der Waals surface area contributed by atoms with Crippen molar-refractivity contribution in [2.24, 2.45) is 0 Å². The lowest BCUT2D eigenvalue weighted by Gasteiger charge is -2.13. The number of aromatic nitrogens is 2. The number of aromatic carboxylic acids is 1. The Morgan fingerprint density at radius 2 is 2.32 bits per heavy atom. The summed E-state index contributed by atoms with van der Waals surface area (Å²) in [5.41, 5.74) is 2.01. The van der Waals surface area contributed by atoms with E-state index in [0.29, 0.717) is 12.1 Å². The summed E-state index contributed by atoms with van der Waals surface area (Å²) in [5.74, 6) is -0.920. The van der Waals surface area contributed by atoms with Gasteiger partial charge >= 0.3 is 5.97 Å². The molecule has 1 fully saturated rings. The lowest BCUT2D eigenvalue weighted by atomic mass is 10.2. The highest BCUT2D eigenvalue weighted by molar-refractivity contribution is 5.92. The van der Waals surface area contributed by atoms with Crippen LogP contribution in [-0.4, -0.2) is 33.8 Å². The normalized spacial score (nSPS) is 23.0. The molecule has 1 aliphatic carbocycles. The monoisotopic (exact) mass is 260 g/mol. The minimum atomic E-state index is -0.920. The second kappa shape index (κ2) is 4.66. The molecule has 1 aromatic carbocycles. The van der Waals surface area contributed by atoms with E-state index in [1.807, 2.05) is 6.07 Å². The molecule has 0 bridgehead atoms. The maximum atomic E-state index is 10.9. The average Bonchev–Trinajstić information content (AvgIpc) is 3.03. The molecule has 100 valence electrons. The number of carbonyl (C=O) groups is 1. The summed E-state index contributed by atoms with van der Waals surface area (Å²) >= 11 is 0. The van der Waals surface area contributed by atoms with Crippen molar-refractivity contribution >= 4 is 17.0 Å². The van der Waals surface area contributed by atoms with Gasteiger partial charge in [-0.1, -0.05) is 0 Å². The molecule has 0 spiro atoms. The van der Waals surface area contributed by atoms with Gasteiger partial charge in [-0.25, -0.2) is 9.78 Å². The molecule has 1 saturated carbocycles. The number of hydrogen-bond donors (Lipinski definition) is 1. The molecule has 5 nitrogen and oxygen atoms in total. The van der Waals surface area contributed by atoms with E-state index in [4.69, 9.17) is 9.84 Å². The fourth-order valence-corrected chi connectivity index (χ4v) is 2.84. The van der Waals surface area contributed by atoms with Crippen LogP contribution >= 0.6 is 0 Å². The van der Waals surface area contributed by atoms with E-state index >= 15 is 0 Å². The zero-order chi connectivity index (χ0) is 13.4. The maximum absolute atomic E-state index is 10.9. The molecule has 1 aromatic heterocycles. The van der Waals surface area contributed by atoms with Gasteiger partial charge in [0.05, 0.1) is 29.0 Å². The lowest BCUT2D eigenvalue weighted by molar-refractivity contribution is 0.0697. The molecular formula is C14H16N2O3. The molecule has 3 rings (SSSR count). The van der Waals surface area contributed by atoms with Gasteiger partial charge < -0.3 is 14.4 Å². The number of carboxylic acids is 1. The molecule has 1 aliphatic rings. The van der Waals surface area contributed by atoms with Gasteiger partial charge in [-0.05, 0) is 37.5 Å². The number of ether oxygens (including phenoxy) is 1. The van der Waals surface area contributed by atoms with E-state index in [1.54, 1.807) is 25.6 Å². The van der Waals surface area contributed by atoms with Crippen LogP contribution in [0.2, 0.25) is 0 Å². The lowest BCUT2D eigenvalue weighted by Crippen LogP contribution is -2.08. The fourth-order valence-electron chi connectivity index (χ4n) is 2.84. The predicted octanol–water partition coefficient (Wildman–Crippen LogP) is 2.47. The Balaban J connectivity index is 1.95. The van der Waals surface area contributed by atoms with Crippen molar-refractivity contribution in [3.63, 3.8) is 0 Å². The molecule has 2 aromatic rings. The summed E-state index contributed by atoms with van der Waals surface area (Å²) in [6, 6.07) is 5.49. The van der Waals surface area contributed by atoms with Crippen molar-refractivity contribution in [2.45, 2.75) is 31.4 Å². The van der Waals surface area contributed by atoms with Gasteiger partial charge in [-0.3, -0.25) is 0 Å². The Labute approximate surface area is 110 Å². The average molecular weight is 260 g/mol. The van der Waals surface area contributed by atoms with Crippen LogP contribution in [0.25, 0.3) is 11.0 Å². The predicted molar refractivity (Wildman–Crippen MR) is 70.4 cm³/mol. The Bertz CT molecular complexity index is 620. The third kappa shape index (κ3) is 2.10. The molecule has 0 radical (unpaired) electrons. The number of carboxylic acid groups (broad SMARTS) is 1. The summed E-state index contributed by atoms with van der Waals surface area (Å²) in [5, 5.41) is 8.98. The van der Waals surface area contributed by atoms with Crippen molar-refractivity contribution in [3.8, 4) is 0 Å². The summed E-state index contributed by atoms with van der Waals surface area (Å²) in [6.45, 7) is 0. The molecule has 2 atom stereocenters. The highest BCUT2D eigenvalue weighted by atomic mass is 16.5. The van der Waals surface area contributed by atoms with Crippen molar-refractivity contribution in [1.82, 2.24) is 9.55 Å². The highest BCUT2D eigenvalue weighted by Gasteiger charge is 2.26. The van der Waals surface area contributed by atoms with Gasteiger partial charge in [0.25, 0.3) is 0 Å². The van der Waals surface area contributed by atoms with E-state index in [-0.39, 0.29) is 5.56 Å². The van der Waals surface area contributed by atoms with E-state index < -0.39 is 5.97 Å². The summed E-state index contributed by atoms with van der Waals surface area (Å²) in [6.07, 6.45) is 5.25. The first-order valence-corrected chi connectivity index (χ1v) is 6.41. The van der Waals surface area contributed by atoms with Crippen molar-refractivity contribution < 1.29 is 14.6 Å². The standard InChI is InChI=1S/C14H16N2O3/c1-19-11-4-3-10(7-11)16-8-15-12-6-9(14(17)18)2-5-13(12)16/h2,5-6,8,10-11H,3-4,7H2,1H3,(H,17,18). The topological polar surface area (TPSA) is 64.4 Å². The van der Waals surface area contributed by atoms with E-state index in [2.05, 4.69) is 9.55 Å². The van der Waals surface area contributed by atoms with Crippen LogP contribution < -0.4 is 0 Å². The van der Waals surface area contributed by atoms with Gasteiger partial charge in [0.1, 0.15) is 0 Å². The molecule has 2 unspecified atom stereocenters. The molecule has 1 heterocycles. The van der Waals surface area contributed by atoms with Crippen molar-refractivity contribution in [1.29, 1.82) is 0 Å². The first-order valence-electron chi connectivity index (χ1n) is 6.41. The Morgan fingerprint density at radius 1 is 1.47 bits per heavy atom. The summed E-state index contributed by atoms with van der Waals surface area (Å²) < 4.78 is 7.53. The van der Waals surface area contributed by atoms with Gasteiger partial charge in [0, 0.05) is 13.2 Å². The number of fused-ring (bicyclic) bond motifs is 1. The van der Waals surface area contributed by atoms with Crippen LogP contribution in [0.15, 0.2) is 24.5 Å². The number of benzene rings is 1. The second-order valence-electron chi connectivity index (χ2n) is 4.99. The molecule has 0 saturated heterocycles. The van der Waals surface area contributed by atoms with E-state index in [0.717, 1.165) is 30.3 Å². The smallest absolute Gasteiger partial charge is 0.335 e. The molecule has 0 aliphatic heterocycles. The number of rotatable bonds is 3. The highest BCUT2D eigenvalue weighted by Crippen LogP contribution is 2.33. The fraction of sp³-hybridized carbons (Fsp3) is 0.429. The van der Waals surface area contributed by atoms with E-state index in [1.165, 1.54) is 0 Å². The second-order valence-corrected chi connectivity index (χ2v) is 4.99. The quantitative estimate of drug-likeness (QED) is 0.920. The van der Waals surface area contributed by atoms with Crippen LogP contribution in [-0.2, 0) is 4.74 Å². The zero-order valence-corrected chi connectivity index (χ0v) is 10.7. The largest absolute Gasteiger partial charge is 0.478 e. The molecule has 5 heteroatoms. The number of imidazole rings is 1. The van der Waals surface area contributed by atoms with Crippen LogP contribution in [0, 0.1) is 0 Å². The molecule has 19 heavy (non-hydrogen) atoms. The zero-order valence-electron chi connectivity index (χ0n) is 10.7. The maximum Gasteiger partial charge on any atom is 0.335 e. The Morgan fingerprint density at radius 3 is 3.00 bits per heavy atom. The Kier molecular flexibility index (Phi) is 2.98. The van der Waals surface area contributed by atoms with Crippen molar-refractivity contribution in [2.75, 3.05) is 7.11 Å². The number of nitrogens with zero attached hydrogens (tertiary/aromatic N) is 2. The summed E-state index contributed by atoms with van der Waals surface area (Å²) in [7, 11) is 1.75. The number of hydrogen-bond acceptors (Lipinski definition) is 3. The van der Waals surface area contributed by atoms with Crippen LogP contribution in [0.4, 0.5) is 0 Å². The van der Waals surface area contributed by atoms with Crippen LogP contribution in [0.3, 0.4) is 0 Å². The number of methoxy groups -OCH3 is 1. The van der Waals surface area contributed by atoms with Crippen LogP contribution in [0.1, 0.15) is 35.7 Å². The van der Waals surface area contributed by atoms with Crippen molar-refractivity contribution in [3.05, 3.63) is 30.1 Å². The van der Waals surface area contributed by atoms with Gasteiger partial charge in [0.2, 0.25) is 0 Å². The van der Waals surface area contributed by atoms with Gasteiger partial charge in [-0.15, -0.1) is 0 Å². The van der Waals surface area contributed by atoms with Gasteiger partial charge in [0.15, 0.2) is 0 Å². The van der Waals surface area contributed by atoms with Crippen LogP contribution in [0.5, 0.6) is 0 Å². The molecule has 0 amide bonds. The molecule has 1 N–H and O–H groups in total. The minimum absolute atomic E-state index is 0.277. The minimum Gasteiger partial charge on any atom is -0.478 e. The first kappa shape index (κ1) is 12.2. The van der Waals surface area contributed by atoms with Gasteiger partial charge in [-0.2, -0.15) is 0 Å². The Hall–Kier alpha value is -1.88. The third-order valence-corrected chi connectivity index (χ3v) is 3.91. The van der Waals surface area contributed by atoms with E-state index in [9.17, 15) is 4.79 Å². The first-order chi connectivity index (χ1) is 9.19. The summed E-state index contributed by atoms with van der Waals surface area (Å²) in [4.78, 5) is 15.3. The molecular weight excluding hydrogens is 244 g/mol. The third-order valence-electron chi connectivity index (χ3n) is 3.91.